The van der Waals surface area contributed by atoms with E-state index >= 15 is 0 Å². The number of carbonyl (C=O) groups excluding carboxylic acids is 1. The number of aryl methyl sites for hydroxylation is 1. The second kappa shape index (κ2) is 7.70. The van der Waals surface area contributed by atoms with Crippen molar-refractivity contribution in [3.63, 3.8) is 0 Å². The molecule has 0 aromatic heterocycles. The van der Waals surface area contributed by atoms with Gasteiger partial charge in [-0.1, -0.05) is 29.3 Å². The van der Waals surface area contributed by atoms with Gasteiger partial charge in [-0.05, 0) is 43.7 Å². The molecule has 6 heteroatoms. The molecule has 1 amide bonds. The van der Waals surface area contributed by atoms with Crippen LogP contribution in [0.1, 0.15) is 29.7 Å². The maximum atomic E-state index is 12.3. The molecule has 0 radical (unpaired) electrons. The molecule has 1 atom stereocenters. The maximum Gasteiger partial charge on any atom is 0.244 e. The molecule has 0 fully saturated rings. The number of ether oxygens (including phenoxy) is 3. The Hall–Kier alpha value is -2.66. The standard InChI is InChI=1S/C20H20ClNO4/c1-12-4-6-17(24-3)15(8-12)13(2)22-19(23)7-5-14-9-16(21)20-18(10-14)25-11-26-20/h4-10,13H,11H2,1-3H3,(H,22,23)/b7-5+. The molecule has 1 aliphatic heterocycles. The molecule has 1 heterocycles. The van der Waals surface area contributed by atoms with Gasteiger partial charge in [-0.3, -0.25) is 4.79 Å². The third-order valence-electron chi connectivity index (χ3n) is 4.09. The van der Waals surface area contributed by atoms with Crippen molar-refractivity contribution in [2.45, 2.75) is 19.9 Å². The van der Waals surface area contributed by atoms with Crippen LogP contribution in [0.5, 0.6) is 17.2 Å². The summed E-state index contributed by atoms with van der Waals surface area (Å²) in [6.07, 6.45) is 3.15. The highest BCUT2D eigenvalue weighted by molar-refractivity contribution is 6.32. The molecule has 0 saturated carbocycles. The summed E-state index contributed by atoms with van der Waals surface area (Å²) in [6, 6.07) is 9.20. The summed E-state index contributed by atoms with van der Waals surface area (Å²) in [4.78, 5) is 12.3. The minimum absolute atomic E-state index is 0.151. The molecule has 1 unspecified atom stereocenters. The Morgan fingerprint density at radius 1 is 1.31 bits per heavy atom. The minimum Gasteiger partial charge on any atom is -0.496 e. The number of hydrogen-bond acceptors (Lipinski definition) is 4. The normalized spacial score (nSPS) is 13.7. The van der Waals surface area contributed by atoms with Crippen molar-refractivity contribution < 1.29 is 19.0 Å². The predicted octanol–water partition coefficient (Wildman–Crippen LogP) is 4.28. The van der Waals surface area contributed by atoms with Crippen LogP contribution in [0.4, 0.5) is 0 Å². The summed E-state index contributed by atoms with van der Waals surface area (Å²) in [6.45, 7) is 4.07. The lowest BCUT2D eigenvalue weighted by atomic mass is 10.0. The fourth-order valence-electron chi connectivity index (χ4n) is 2.79. The van der Waals surface area contributed by atoms with E-state index in [2.05, 4.69) is 5.32 Å². The summed E-state index contributed by atoms with van der Waals surface area (Å²) in [7, 11) is 1.62. The van der Waals surface area contributed by atoms with Crippen LogP contribution >= 0.6 is 11.6 Å². The van der Waals surface area contributed by atoms with E-state index in [-0.39, 0.29) is 18.7 Å². The molecular formula is C20H20ClNO4. The number of nitrogens with one attached hydrogen (secondary N) is 1. The first kappa shape index (κ1) is 18.1. The Kier molecular flexibility index (Phi) is 5.38. The Balaban J connectivity index is 1.70. The monoisotopic (exact) mass is 373 g/mol. The lowest BCUT2D eigenvalue weighted by molar-refractivity contribution is -0.117. The van der Waals surface area contributed by atoms with Gasteiger partial charge in [0.2, 0.25) is 12.7 Å². The van der Waals surface area contributed by atoms with Crippen molar-refractivity contribution in [2.24, 2.45) is 0 Å². The second-order valence-electron chi connectivity index (χ2n) is 6.05. The van der Waals surface area contributed by atoms with E-state index in [0.29, 0.717) is 16.5 Å². The number of hydrogen-bond donors (Lipinski definition) is 1. The maximum absolute atomic E-state index is 12.3. The van der Waals surface area contributed by atoms with Gasteiger partial charge in [-0.25, -0.2) is 0 Å². The van der Waals surface area contributed by atoms with E-state index in [0.717, 1.165) is 22.4 Å². The number of halogens is 1. The second-order valence-corrected chi connectivity index (χ2v) is 6.45. The molecule has 1 N–H and O–H groups in total. The van der Waals surface area contributed by atoms with Gasteiger partial charge in [-0.2, -0.15) is 0 Å². The topological polar surface area (TPSA) is 56.8 Å². The molecule has 0 spiro atoms. The average Bonchev–Trinajstić information content (AvgIpc) is 3.09. The third-order valence-corrected chi connectivity index (χ3v) is 4.37. The van der Waals surface area contributed by atoms with E-state index in [4.69, 9.17) is 25.8 Å². The molecule has 1 aliphatic rings. The molecule has 2 aromatic carbocycles. The molecule has 136 valence electrons. The van der Waals surface area contributed by atoms with E-state index in [9.17, 15) is 4.79 Å². The SMILES string of the molecule is COc1ccc(C)cc1C(C)NC(=O)/C=C/c1cc(Cl)c2c(c1)OCO2. The number of methoxy groups -OCH3 is 1. The van der Waals surface area contributed by atoms with Gasteiger partial charge in [0, 0.05) is 11.6 Å². The number of rotatable bonds is 5. The van der Waals surface area contributed by atoms with Gasteiger partial charge in [0.25, 0.3) is 0 Å². The van der Waals surface area contributed by atoms with E-state index in [1.807, 2.05) is 32.0 Å². The van der Waals surface area contributed by atoms with Gasteiger partial charge in [-0.15, -0.1) is 0 Å². The number of amides is 1. The van der Waals surface area contributed by atoms with Crippen molar-refractivity contribution in [1.82, 2.24) is 5.32 Å². The van der Waals surface area contributed by atoms with Crippen LogP contribution in [0.2, 0.25) is 5.02 Å². The molecule has 0 aliphatic carbocycles. The number of benzene rings is 2. The Bertz CT molecular complexity index is 863. The Labute approximate surface area is 157 Å². The van der Waals surface area contributed by atoms with Gasteiger partial charge in [0.05, 0.1) is 18.2 Å². The first-order valence-corrected chi connectivity index (χ1v) is 8.58. The summed E-state index contributed by atoms with van der Waals surface area (Å²) in [5.74, 6) is 1.65. The highest BCUT2D eigenvalue weighted by Gasteiger charge is 2.18. The van der Waals surface area contributed by atoms with Crippen LogP contribution in [0, 0.1) is 6.92 Å². The van der Waals surface area contributed by atoms with Crippen molar-refractivity contribution in [3.05, 3.63) is 58.1 Å². The zero-order valence-electron chi connectivity index (χ0n) is 14.8. The largest absolute Gasteiger partial charge is 0.496 e. The summed E-state index contributed by atoms with van der Waals surface area (Å²) < 4.78 is 16.0. The third kappa shape index (κ3) is 3.94. The molecule has 3 rings (SSSR count). The van der Waals surface area contributed by atoms with Gasteiger partial charge < -0.3 is 19.5 Å². The van der Waals surface area contributed by atoms with Gasteiger partial charge in [0.15, 0.2) is 11.5 Å². The van der Waals surface area contributed by atoms with Crippen molar-refractivity contribution in [1.29, 1.82) is 0 Å². The zero-order valence-corrected chi connectivity index (χ0v) is 15.6. The van der Waals surface area contributed by atoms with Crippen LogP contribution in [-0.4, -0.2) is 19.8 Å². The molecule has 2 aromatic rings. The van der Waals surface area contributed by atoms with Crippen LogP contribution in [0.25, 0.3) is 6.08 Å². The molecule has 5 nitrogen and oxygen atoms in total. The average molecular weight is 374 g/mol. The predicted molar refractivity (Wildman–Crippen MR) is 101 cm³/mol. The Morgan fingerprint density at radius 2 is 2.12 bits per heavy atom. The summed E-state index contributed by atoms with van der Waals surface area (Å²) in [5, 5.41) is 3.40. The van der Waals surface area contributed by atoms with Crippen LogP contribution in [0.3, 0.4) is 0 Å². The van der Waals surface area contributed by atoms with Crippen LogP contribution in [0.15, 0.2) is 36.4 Å². The fourth-order valence-corrected chi connectivity index (χ4v) is 3.06. The molecule has 0 bridgehead atoms. The highest BCUT2D eigenvalue weighted by atomic mass is 35.5. The van der Waals surface area contributed by atoms with Crippen molar-refractivity contribution >= 4 is 23.6 Å². The number of fused-ring (bicyclic) bond motifs is 1. The van der Waals surface area contributed by atoms with Crippen molar-refractivity contribution in [2.75, 3.05) is 13.9 Å². The zero-order chi connectivity index (χ0) is 18.7. The lowest BCUT2D eigenvalue weighted by Crippen LogP contribution is -2.25. The van der Waals surface area contributed by atoms with E-state index in [1.165, 1.54) is 6.08 Å². The van der Waals surface area contributed by atoms with Crippen LogP contribution < -0.4 is 19.5 Å². The molecular weight excluding hydrogens is 354 g/mol. The summed E-state index contributed by atoms with van der Waals surface area (Å²) in [5.41, 5.74) is 2.79. The fraction of sp³-hybridized carbons (Fsp3) is 0.250. The Morgan fingerprint density at radius 3 is 2.88 bits per heavy atom. The van der Waals surface area contributed by atoms with Crippen molar-refractivity contribution in [3.8, 4) is 17.2 Å². The van der Waals surface area contributed by atoms with Gasteiger partial charge in [0.1, 0.15) is 5.75 Å². The first-order valence-electron chi connectivity index (χ1n) is 8.20. The molecule has 0 saturated heterocycles. The lowest BCUT2D eigenvalue weighted by Gasteiger charge is -2.17. The van der Waals surface area contributed by atoms with E-state index in [1.54, 1.807) is 25.3 Å². The quantitative estimate of drug-likeness (QED) is 0.795. The first-order chi connectivity index (χ1) is 12.5. The van der Waals surface area contributed by atoms with Crippen LogP contribution in [-0.2, 0) is 4.79 Å². The highest BCUT2D eigenvalue weighted by Crippen LogP contribution is 2.40. The smallest absolute Gasteiger partial charge is 0.244 e. The summed E-state index contributed by atoms with van der Waals surface area (Å²) >= 11 is 6.15. The minimum atomic E-state index is -0.213. The number of carbonyl (C=O) groups is 1. The van der Waals surface area contributed by atoms with Gasteiger partial charge >= 0.3 is 0 Å². The molecule has 26 heavy (non-hydrogen) atoms. The van der Waals surface area contributed by atoms with E-state index < -0.39 is 0 Å².